The first-order valence-electron chi connectivity index (χ1n) is 6.94. The molecule has 0 atom stereocenters. The lowest BCUT2D eigenvalue weighted by atomic mass is 10.1. The molecule has 20 heavy (non-hydrogen) atoms. The van der Waals surface area contributed by atoms with E-state index in [2.05, 4.69) is 10.6 Å². The highest BCUT2D eigenvalue weighted by Crippen LogP contribution is 2.24. The van der Waals surface area contributed by atoms with Gasteiger partial charge in [0.15, 0.2) is 0 Å². The molecule has 0 aromatic heterocycles. The summed E-state index contributed by atoms with van der Waals surface area (Å²) in [5.41, 5.74) is 0.865. The van der Waals surface area contributed by atoms with Gasteiger partial charge in [0.2, 0.25) is 11.8 Å². The Labute approximate surface area is 123 Å². The largest absolute Gasteiger partial charge is 0.350 e. The van der Waals surface area contributed by atoms with Crippen LogP contribution in [0.15, 0.2) is 24.3 Å². The van der Waals surface area contributed by atoms with Crippen molar-refractivity contribution in [3.63, 3.8) is 0 Å². The number of benzene rings is 1. The number of carbonyl (C=O) groups is 2. The van der Waals surface area contributed by atoms with Gasteiger partial charge in [0.05, 0.1) is 6.54 Å². The van der Waals surface area contributed by atoms with Crippen molar-refractivity contribution in [2.45, 2.75) is 32.2 Å². The lowest BCUT2D eigenvalue weighted by Crippen LogP contribution is -2.38. The third-order valence-electron chi connectivity index (χ3n) is 3.58. The Bertz CT molecular complexity index is 485. The van der Waals surface area contributed by atoms with Crippen LogP contribution in [0.1, 0.15) is 31.2 Å². The van der Waals surface area contributed by atoms with Crippen molar-refractivity contribution in [3.05, 3.63) is 34.9 Å². The zero-order chi connectivity index (χ0) is 14.4. The van der Waals surface area contributed by atoms with Crippen molar-refractivity contribution in [1.82, 2.24) is 10.6 Å². The van der Waals surface area contributed by atoms with Crippen molar-refractivity contribution in [2.75, 3.05) is 6.54 Å². The van der Waals surface area contributed by atoms with Crippen molar-refractivity contribution >= 4 is 23.4 Å². The molecule has 0 spiro atoms. The molecule has 0 heterocycles. The maximum atomic E-state index is 11.8. The van der Waals surface area contributed by atoms with Crippen LogP contribution < -0.4 is 10.6 Å². The molecule has 0 aliphatic heterocycles. The first-order chi connectivity index (χ1) is 9.66. The van der Waals surface area contributed by atoms with E-state index in [9.17, 15) is 9.59 Å². The number of nitrogens with one attached hydrogen (secondary N) is 2. The molecule has 1 aliphatic carbocycles. The molecule has 0 saturated heterocycles. The molecule has 1 saturated carbocycles. The van der Waals surface area contributed by atoms with Crippen LogP contribution in [0.25, 0.3) is 0 Å². The highest BCUT2D eigenvalue weighted by atomic mass is 35.5. The molecule has 1 aromatic rings. The summed E-state index contributed by atoms with van der Waals surface area (Å²) >= 11 is 6.00. The van der Waals surface area contributed by atoms with Crippen LogP contribution >= 0.6 is 11.6 Å². The summed E-state index contributed by atoms with van der Waals surface area (Å²) in [5, 5.41) is 6.07. The minimum Gasteiger partial charge on any atom is -0.350 e. The second-order valence-corrected chi connectivity index (χ2v) is 5.47. The van der Waals surface area contributed by atoms with E-state index in [4.69, 9.17) is 11.6 Å². The fourth-order valence-electron chi connectivity index (χ4n) is 2.40. The van der Waals surface area contributed by atoms with Gasteiger partial charge in [-0.25, -0.2) is 0 Å². The predicted octanol–water partition coefficient (Wildman–Crippen LogP) is 2.26. The number of carbonyl (C=O) groups excluding carboxylic acids is 2. The molecular weight excluding hydrogens is 276 g/mol. The minimum atomic E-state index is -0.198. The Morgan fingerprint density at radius 1 is 1.15 bits per heavy atom. The first-order valence-corrected chi connectivity index (χ1v) is 7.32. The summed E-state index contributed by atoms with van der Waals surface area (Å²) in [6.07, 6.45) is 4.09. The SMILES string of the molecule is O=C(CNC(=O)C1CCCC1)NCc1ccccc1Cl. The summed E-state index contributed by atoms with van der Waals surface area (Å²) in [7, 11) is 0. The van der Waals surface area contributed by atoms with E-state index in [1.54, 1.807) is 6.07 Å². The third-order valence-corrected chi connectivity index (χ3v) is 3.95. The van der Waals surface area contributed by atoms with Gasteiger partial charge in [-0.05, 0) is 24.5 Å². The van der Waals surface area contributed by atoms with Crippen molar-refractivity contribution in [3.8, 4) is 0 Å². The van der Waals surface area contributed by atoms with Gasteiger partial charge in [-0.15, -0.1) is 0 Å². The Kier molecular flexibility index (Phi) is 5.41. The smallest absolute Gasteiger partial charge is 0.239 e. The van der Waals surface area contributed by atoms with Gasteiger partial charge in [-0.2, -0.15) is 0 Å². The second kappa shape index (κ2) is 7.29. The van der Waals surface area contributed by atoms with Crippen LogP contribution in [0.2, 0.25) is 5.02 Å². The number of hydrogen-bond acceptors (Lipinski definition) is 2. The van der Waals surface area contributed by atoms with Crippen LogP contribution in [0.4, 0.5) is 0 Å². The number of halogens is 1. The fraction of sp³-hybridized carbons (Fsp3) is 0.467. The number of hydrogen-bond donors (Lipinski definition) is 2. The summed E-state index contributed by atoms with van der Waals surface area (Å²) in [4.78, 5) is 23.4. The zero-order valence-corrected chi connectivity index (χ0v) is 12.1. The molecular formula is C15H19ClN2O2. The van der Waals surface area contributed by atoms with Gasteiger partial charge in [-0.3, -0.25) is 9.59 Å². The molecule has 1 aliphatic rings. The molecule has 1 aromatic carbocycles. The van der Waals surface area contributed by atoms with Crippen LogP contribution in [0.3, 0.4) is 0 Å². The summed E-state index contributed by atoms with van der Waals surface area (Å²) in [5.74, 6) is -0.113. The second-order valence-electron chi connectivity index (χ2n) is 5.07. The van der Waals surface area contributed by atoms with Crippen LogP contribution in [0.5, 0.6) is 0 Å². The van der Waals surface area contributed by atoms with E-state index in [1.807, 2.05) is 18.2 Å². The standard InChI is InChI=1S/C15H19ClN2O2/c16-13-8-4-3-7-12(13)9-17-14(19)10-18-15(20)11-5-1-2-6-11/h3-4,7-8,11H,1-2,5-6,9-10H2,(H,17,19)(H,18,20). The maximum absolute atomic E-state index is 11.8. The van der Waals surface area contributed by atoms with Crippen LogP contribution in [-0.2, 0) is 16.1 Å². The van der Waals surface area contributed by atoms with E-state index in [1.165, 1.54) is 0 Å². The van der Waals surface area contributed by atoms with Gasteiger partial charge in [-0.1, -0.05) is 42.6 Å². The van der Waals surface area contributed by atoms with Gasteiger partial charge in [0, 0.05) is 17.5 Å². The molecule has 108 valence electrons. The summed E-state index contributed by atoms with van der Waals surface area (Å²) < 4.78 is 0. The maximum Gasteiger partial charge on any atom is 0.239 e. The normalized spacial score (nSPS) is 15.1. The molecule has 4 nitrogen and oxygen atoms in total. The average Bonchev–Trinajstić information content (AvgIpc) is 2.98. The Hall–Kier alpha value is -1.55. The van der Waals surface area contributed by atoms with E-state index < -0.39 is 0 Å². The van der Waals surface area contributed by atoms with Crippen LogP contribution in [0, 0.1) is 5.92 Å². The van der Waals surface area contributed by atoms with Crippen LogP contribution in [-0.4, -0.2) is 18.4 Å². The minimum absolute atomic E-state index is 0.00427. The van der Waals surface area contributed by atoms with Crippen molar-refractivity contribution < 1.29 is 9.59 Å². The zero-order valence-electron chi connectivity index (χ0n) is 11.3. The third kappa shape index (κ3) is 4.23. The van der Waals surface area contributed by atoms with Gasteiger partial charge < -0.3 is 10.6 Å². The van der Waals surface area contributed by atoms with Crippen molar-refractivity contribution in [2.24, 2.45) is 5.92 Å². The molecule has 5 heteroatoms. The highest BCUT2D eigenvalue weighted by molar-refractivity contribution is 6.31. The van der Waals surface area contributed by atoms with E-state index in [-0.39, 0.29) is 24.3 Å². The number of amides is 2. The molecule has 0 bridgehead atoms. The summed E-state index contributed by atoms with van der Waals surface area (Å²) in [6.45, 7) is 0.400. The van der Waals surface area contributed by atoms with E-state index in [0.29, 0.717) is 11.6 Å². The quantitative estimate of drug-likeness (QED) is 0.875. The topological polar surface area (TPSA) is 58.2 Å². The Morgan fingerprint density at radius 3 is 2.55 bits per heavy atom. The van der Waals surface area contributed by atoms with Gasteiger partial charge in [0.1, 0.15) is 0 Å². The predicted molar refractivity (Wildman–Crippen MR) is 78.3 cm³/mol. The molecule has 2 amide bonds. The fourth-order valence-corrected chi connectivity index (χ4v) is 2.60. The van der Waals surface area contributed by atoms with Gasteiger partial charge in [0.25, 0.3) is 0 Å². The molecule has 0 radical (unpaired) electrons. The molecule has 1 fully saturated rings. The summed E-state index contributed by atoms with van der Waals surface area (Å²) in [6, 6.07) is 7.36. The molecule has 0 unspecified atom stereocenters. The monoisotopic (exact) mass is 294 g/mol. The molecule has 2 N–H and O–H groups in total. The Morgan fingerprint density at radius 2 is 1.85 bits per heavy atom. The Balaban J connectivity index is 1.70. The lowest BCUT2D eigenvalue weighted by Gasteiger charge is -2.11. The van der Waals surface area contributed by atoms with Crippen molar-refractivity contribution in [1.29, 1.82) is 0 Å². The van der Waals surface area contributed by atoms with Gasteiger partial charge >= 0.3 is 0 Å². The van der Waals surface area contributed by atoms with E-state index in [0.717, 1.165) is 31.2 Å². The number of rotatable bonds is 5. The van der Waals surface area contributed by atoms with E-state index >= 15 is 0 Å². The first kappa shape index (κ1) is 14.9. The average molecular weight is 295 g/mol. The molecule has 2 rings (SSSR count). The highest BCUT2D eigenvalue weighted by Gasteiger charge is 2.22. The lowest BCUT2D eigenvalue weighted by molar-refractivity contribution is -0.128.